The molecule has 0 aliphatic rings. The van der Waals surface area contributed by atoms with Gasteiger partial charge in [0.2, 0.25) is 5.89 Å². The maximum atomic E-state index is 12.4. The first-order valence-corrected chi connectivity index (χ1v) is 9.21. The van der Waals surface area contributed by atoms with E-state index in [9.17, 15) is 8.42 Å². The van der Waals surface area contributed by atoms with E-state index in [0.29, 0.717) is 27.7 Å². The van der Waals surface area contributed by atoms with E-state index in [2.05, 4.69) is 9.71 Å². The molecule has 0 fully saturated rings. The molecule has 1 heterocycles. The van der Waals surface area contributed by atoms with Crippen LogP contribution in [-0.4, -0.2) is 13.4 Å². The summed E-state index contributed by atoms with van der Waals surface area (Å²) in [4.78, 5) is 4.54. The largest absolute Gasteiger partial charge is 0.440 e. The van der Waals surface area contributed by atoms with E-state index in [1.54, 1.807) is 30.3 Å². The van der Waals surface area contributed by atoms with Crippen molar-refractivity contribution >= 4 is 38.4 Å². The lowest BCUT2D eigenvalue weighted by atomic mass is 9.97. The van der Waals surface area contributed by atoms with Crippen molar-refractivity contribution in [1.82, 2.24) is 4.98 Å². The van der Waals surface area contributed by atoms with Crippen LogP contribution in [-0.2, 0) is 15.4 Å². The van der Waals surface area contributed by atoms with Crippen LogP contribution >= 0.6 is 11.6 Å². The molecule has 3 rings (SSSR count). The number of benzene rings is 2. The number of oxazole rings is 1. The minimum atomic E-state index is -3.72. The maximum Gasteiger partial charge on any atom is 0.261 e. The lowest BCUT2D eigenvalue weighted by molar-refractivity contribution is 0.411. The fourth-order valence-electron chi connectivity index (χ4n) is 2.16. The molecule has 0 spiro atoms. The average molecular weight is 365 g/mol. The predicted molar refractivity (Wildman–Crippen MR) is 95.0 cm³/mol. The molecule has 3 aromatic rings. The van der Waals surface area contributed by atoms with Gasteiger partial charge in [0.15, 0.2) is 5.58 Å². The Labute approximate surface area is 145 Å². The number of anilines is 1. The highest BCUT2D eigenvalue weighted by Crippen LogP contribution is 2.28. The minimum absolute atomic E-state index is 0.102. The fourth-order valence-corrected chi connectivity index (χ4v) is 3.51. The molecule has 0 atom stereocenters. The lowest BCUT2D eigenvalue weighted by Crippen LogP contribution is -2.12. The molecular weight excluding hydrogens is 348 g/mol. The second-order valence-electron chi connectivity index (χ2n) is 6.51. The monoisotopic (exact) mass is 364 g/mol. The molecule has 24 heavy (non-hydrogen) atoms. The van der Waals surface area contributed by atoms with Gasteiger partial charge in [0.25, 0.3) is 10.0 Å². The summed E-state index contributed by atoms with van der Waals surface area (Å²) >= 11 is 5.86. The summed E-state index contributed by atoms with van der Waals surface area (Å²) in [6, 6.07) is 11.1. The van der Waals surface area contributed by atoms with Gasteiger partial charge in [-0.15, -0.1) is 0 Å². The number of nitrogens with zero attached hydrogens (tertiary/aromatic N) is 1. The first kappa shape index (κ1) is 16.8. The highest BCUT2D eigenvalue weighted by molar-refractivity contribution is 7.92. The van der Waals surface area contributed by atoms with Crippen LogP contribution in [0.1, 0.15) is 26.7 Å². The highest BCUT2D eigenvalue weighted by atomic mass is 35.5. The van der Waals surface area contributed by atoms with E-state index < -0.39 is 10.0 Å². The van der Waals surface area contributed by atoms with Gasteiger partial charge in [0, 0.05) is 10.4 Å². The van der Waals surface area contributed by atoms with Crippen LogP contribution in [0, 0.1) is 0 Å². The number of hydrogen-bond acceptors (Lipinski definition) is 4. The number of sulfonamides is 1. The van der Waals surface area contributed by atoms with E-state index in [1.165, 1.54) is 12.1 Å². The van der Waals surface area contributed by atoms with Crippen molar-refractivity contribution in [3.63, 3.8) is 0 Å². The molecule has 0 amide bonds. The van der Waals surface area contributed by atoms with Crippen LogP contribution in [0.15, 0.2) is 51.8 Å². The standard InChI is InChI=1S/C17H17ClN2O3S/c1-17(2,3)16-19-14-10-12(7-8-15(14)23-16)20-24(21,22)13-6-4-5-11(18)9-13/h4-10,20H,1-3H3. The van der Waals surface area contributed by atoms with Gasteiger partial charge in [-0.05, 0) is 36.4 Å². The quantitative estimate of drug-likeness (QED) is 0.738. The zero-order valence-corrected chi connectivity index (χ0v) is 15.1. The molecule has 1 N–H and O–H groups in total. The Balaban J connectivity index is 1.95. The molecule has 0 radical (unpaired) electrons. The van der Waals surface area contributed by atoms with Crippen LogP contribution < -0.4 is 4.72 Å². The third-order valence-corrected chi connectivity index (χ3v) is 5.00. The van der Waals surface area contributed by atoms with Crippen molar-refractivity contribution in [3.05, 3.63) is 53.4 Å². The summed E-state index contributed by atoms with van der Waals surface area (Å²) in [5, 5.41) is 0.361. The zero-order chi connectivity index (χ0) is 17.5. The van der Waals surface area contributed by atoms with Crippen LogP contribution in [0.2, 0.25) is 5.02 Å². The van der Waals surface area contributed by atoms with Crippen molar-refractivity contribution in [2.75, 3.05) is 4.72 Å². The zero-order valence-electron chi connectivity index (χ0n) is 13.5. The Kier molecular flexibility index (Phi) is 4.05. The van der Waals surface area contributed by atoms with Crippen molar-refractivity contribution in [1.29, 1.82) is 0 Å². The SMILES string of the molecule is CC(C)(C)c1nc2cc(NS(=O)(=O)c3cccc(Cl)c3)ccc2o1. The molecule has 0 saturated heterocycles. The summed E-state index contributed by atoms with van der Waals surface area (Å²) in [6.07, 6.45) is 0. The fraction of sp³-hybridized carbons (Fsp3) is 0.235. The van der Waals surface area contributed by atoms with Gasteiger partial charge in [-0.1, -0.05) is 38.4 Å². The van der Waals surface area contributed by atoms with Crippen molar-refractivity contribution in [2.24, 2.45) is 0 Å². The van der Waals surface area contributed by atoms with Crippen LogP contribution in [0.4, 0.5) is 5.69 Å². The Hall–Kier alpha value is -2.05. The number of hydrogen-bond donors (Lipinski definition) is 1. The summed E-state index contributed by atoms with van der Waals surface area (Å²) in [6.45, 7) is 6.00. The van der Waals surface area contributed by atoms with Gasteiger partial charge in [-0.3, -0.25) is 4.72 Å². The average Bonchev–Trinajstić information content (AvgIpc) is 2.90. The number of halogens is 1. The van der Waals surface area contributed by atoms with Crippen molar-refractivity contribution < 1.29 is 12.8 Å². The summed E-state index contributed by atoms with van der Waals surface area (Å²) in [5.74, 6) is 0.604. The molecule has 1 aromatic heterocycles. The third kappa shape index (κ3) is 3.39. The number of fused-ring (bicyclic) bond motifs is 1. The van der Waals surface area contributed by atoms with Crippen LogP contribution in [0.25, 0.3) is 11.1 Å². The molecule has 7 heteroatoms. The molecule has 5 nitrogen and oxygen atoms in total. The molecular formula is C17H17ClN2O3S. The Bertz CT molecular complexity index is 1000. The Morgan fingerprint density at radius 3 is 2.54 bits per heavy atom. The molecule has 0 aliphatic carbocycles. The molecule has 2 aromatic carbocycles. The summed E-state index contributed by atoms with van der Waals surface area (Å²) < 4.78 is 33.1. The van der Waals surface area contributed by atoms with Gasteiger partial charge in [-0.2, -0.15) is 0 Å². The highest BCUT2D eigenvalue weighted by Gasteiger charge is 2.21. The Morgan fingerprint density at radius 2 is 1.88 bits per heavy atom. The maximum absolute atomic E-state index is 12.4. The molecule has 0 saturated carbocycles. The van der Waals surface area contributed by atoms with Gasteiger partial charge in [0.1, 0.15) is 5.52 Å². The molecule has 0 unspecified atom stereocenters. The number of nitrogens with one attached hydrogen (secondary N) is 1. The first-order valence-electron chi connectivity index (χ1n) is 7.35. The first-order chi connectivity index (χ1) is 11.1. The predicted octanol–water partition coefficient (Wildman–Crippen LogP) is 4.58. The molecule has 0 aliphatic heterocycles. The second kappa shape index (κ2) is 5.79. The topological polar surface area (TPSA) is 72.2 Å². The normalized spacial score (nSPS) is 12.5. The minimum Gasteiger partial charge on any atom is -0.440 e. The van der Waals surface area contributed by atoms with Gasteiger partial charge < -0.3 is 4.42 Å². The van der Waals surface area contributed by atoms with Crippen molar-refractivity contribution in [3.8, 4) is 0 Å². The summed E-state index contributed by atoms with van der Waals surface area (Å²) in [5.41, 5.74) is 1.41. The number of rotatable bonds is 3. The van der Waals surface area contributed by atoms with Gasteiger partial charge in [0.05, 0.1) is 10.6 Å². The van der Waals surface area contributed by atoms with E-state index in [-0.39, 0.29) is 10.3 Å². The van der Waals surface area contributed by atoms with Gasteiger partial charge >= 0.3 is 0 Å². The van der Waals surface area contributed by atoms with Crippen LogP contribution in [0.3, 0.4) is 0 Å². The smallest absolute Gasteiger partial charge is 0.261 e. The molecule has 126 valence electrons. The van der Waals surface area contributed by atoms with E-state index in [1.807, 2.05) is 20.8 Å². The lowest BCUT2D eigenvalue weighted by Gasteiger charge is -2.11. The Morgan fingerprint density at radius 1 is 1.12 bits per heavy atom. The van der Waals surface area contributed by atoms with Crippen molar-refractivity contribution in [2.45, 2.75) is 31.1 Å². The third-order valence-electron chi connectivity index (χ3n) is 3.39. The van der Waals surface area contributed by atoms with E-state index >= 15 is 0 Å². The number of aromatic nitrogens is 1. The van der Waals surface area contributed by atoms with Crippen LogP contribution in [0.5, 0.6) is 0 Å². The van der Waals surface area contributed by atoms with E-state index in [0.717, 1.165) is 0 Å². The van der Waals surface area contributed by atoms with Gasteiger partial charge in [-0.25, -0.2) is 13.4 Å². The summed E-state index contributed by atoms with van der Waals surface area (Å²) in [7, 11) is -3.72. The van der Waals surface area contributed by atoms with E-state index in [4.69, 9.17) is 16.0 Å². The molecule has 0 bridgehead atoms. The second-order valence-corrected chi connectivity index (χ2v) is 8.63.